The minimum Gasteiger partial charge on any atom is -0.327 e. The smallest absolute Gasteiger partial charge is 0.188 e. The van der Waals surface area contributed by atoms with Crippen LogP contribution in [-0.2, 0) is 0 Å². The van der Waals surface area contributed by atoms with Crippen LogP contribution in [0, 0.1) is 12.3 Å². The molecule has 1 aliphatic rings. The van der Waals surface area contributed by atoms with Gasteiger partial charge in [0.25, 0.3) is 0 Å². The molecule has 1 heterocycles. The van der Waals surface area contributed by atoms with E-state index >= 15 is 0 Å². The Kier molecular flexibility index (Phi) is 3.73. The highest BCUT2D eigenvalue weighted by molar-refractivity contribution is 7.99. The van der Waals surface area contributed by atoms with Crippen LogP contribution in [0.2, 0.25) is 0 Å². The van der Waals surface area contributed by atoms with Crippen molar-refractivity contribution in [2.75, 3.05) is 0 Å². The lowest BCUT2D eigenvalue weighted by Gasteiger charge is -2.38. The first kappa shape index (κ1) is 12.8. The molecular formula is C13H21N3S. The molecule has 0 amide bonds. The van der Waals surface area contributed by atoms with Crippen LogP contribution < -0.4 is 5.73 Å². The number of thioether (sulfide) groups is 1. The summed E-state index contributed by atoms with van der Waals surface area (Å²) in [7, 11) is 0. The monoisotopic (exact) mass is 251 g/mol. The average Bonchev–Trinajstić information content (AvgIpc) is 2.23. The summed E-state index contributed by atoms with van der Waals surface area (Å²) >= 11 is 1.74. The predicted molar refractivity (Wildman–Crippen MR) is 72.0 cm³/mol. The molecule has 2 N–H and O–H groups in total. The van der Waals surface area contributed by atoms with E-state index < -0.39 is 0 Å². The molecule has 2 rings (SSSR count). The summed E-state index contributed by atoms with van der Waals surface area (Å²) < 4.78 is 0. The Labute approximate surface area is 108 Å². The van der Waals surface area contributed by atoms with E-state index in [2.05, 4.69) is 23.8 Å². The van der Waals surface area contributed by atoms with Crippen LogP contribution in [0.1, 0.15) is 38.8 Å². The molecule has 94 valence electrons. The van der Waals surface area contributed by atoms with Gasteiger partial charge in [0, 0.05) is 23.2 Å². The molecule has 3 nitrogen and oxygen atoms in total. The van der Waals surface area contributed by atoms with E-state index in [1.165, 1.54) is 6.42 Å². The van der Waals surface area contributed by atoms with Crippen molar-refractivity contribution in [3.8, 4) is 0 Å². The summed E-state index contributed by atoms with van der Waals surface area (Å²) in [6, 6.07) is 2.20. The largest absolute Gasteiger partial charge is 0.327 e. The highest BCUT2D eigenvalue weighted by atomic mass is 32.2. The maximum Gasteiger partial charge on any atom is 0.188 e. The fourth-order valence-electron chi connectivity index (χ4n) is 2.29. The third-order valence-electron chi connectivity index (χ3n) is 3.42. The lowest BCUT2D eigenvalue weighted by Crippen LogP contribution is -2.41. The van der Waals surface area contributed by atoms with Crippen LogP contribution >= 0.6 is 11.8 Å². The summed E-state index contributed by atoms with van der Waals surface area (Å²) in [5.41, 5.74) is 7.63. The van der Waals surface area contributed by atoms with Gasteiger partial charge in [0.15, 0.2) is 5.16 Å². The number of nitrogens with two attached hydrogens (primary N) is 1. The summed E-state index contributed by atoms with van der Waals surface area (Å²) in [6.07, 6.45) is 5.30. The van der Waals surface area contributed by atoms with Crippen LogP contribution in [0.5, 0.6) is 0 Å². The highest BCUT2D eigenvalue weighted by Crippen LogP contribution is 2.41. The van der Waals surface area contributed by atoms with Gasteiger partial charge in [0.1, 0.15) is 0 Å². The molecule has 1 aromatic rings. The number of nitrogens with zero attached hydrogens (tertiary/aromatic N) is 2. The zero-order valence-corrected chi connectivity index (χ0v) is 11.6. The Morgan fingerprint density at radius 3 is 2.94 bits per heavy atom. The van der Waals surface area contributed by atoms with E-state index in [1.54, 1.807) is 11.8 Å². The van der Waals surface area contributed by atoms with Gasteiger partial charge in [0.2, 0.25) is 0 Å². The van der Waals surface area contributed by atoms with Crippen LogP contribution in [0.25, 0.3) is 0 Å². The Hall–Kier alpha value is -0.610. The topological polar surface area (TPSA) is 51.8 Å². The molecular weight excluding hydrogens is 230 g/mol. The lowest BCUT2D eigenvalue weighted by atomic mass is 9.75. The van der Waals surface area contributed by atoms with Gasteiger partial charge in [-0.15, -0.1) is 0 Å². The first-order chi connectivity index (χ1) is 7.96. The minimum absolute atomic E-state index is 0.275. The molecule has 0 saturated heterocycles. The van der Waals surface area contributed by atoms with Gasteiger partial charge in [-0.1, -0.05) is 25.6 Å². The number of hydrogen-bond donors (Lipinski definition) is 1. The molecule has 0 radical (unpaired) electrons. The van der Waals surface area contributed by atoms with E-state index in [0.29, 0.717) is 10.7 Å². The van der Waals surface area contributed by atoms with Gasteiger partial charge in [-0.2, -0.15) is 0 Å². The standard InChI is InChI=1S/C13H21N3S/c1-9-5-7-15-12(16-9)17-11-8-13(2,3)6-4-10(11)14/h5,7,10-11H,4,6,8,14H2,1-3H3. The second-order valence-corrected chi connectivity index (χ2v) is 6.91. The van der Waals surface area contributed by atoms with Crippen LogP contribution in [0.3, 0.4) is 0 Å². The zero-order valence-electron chi connectivity index (χ0n) is 10.8. The van der Waals surface area contributed by atoms with Gasteiger partial charge in [-0.05, 0) is 37.7 Å². The average molecular weight is 251 g/mol. The van der Waals surface area contributed by atoms with Crippen LogP contribution in [0.4, 0.5) is 0 Å². The summed E-state index contributed by atoms with van der Waals surface area (Å²) in [5.74, 6) is 0. The van der Waals surface area contributed by atoms with Crippen molar-refractivity contribution in [3.63, 3.8) is 0 Å². The SMILES string of the molecule is Cc1ccnc(SC2CC(C)(C)CCC2N)n1. The minimum atomic E-state index is 0.275. The number of aromatic nitrogens is 2. The lowest BCUT2D eigenvalue weighted by molar-refractivity contribution is 0.232. The van der Waals surface area contributed by atoms with Gasteiger partial charge in [-0.25, -0.2) is 9.97 Å². The van der Waals surface area contributed by atoms with Crippen LogP contribution in [0.15, 0.2) is 17.4 Å². The summed E-state index contributed by atoms with van der Waals surface area (Å²) in [4.78, 5) is 8.76. The van der Waals surface area contributed by atoms with E-state index in [4.69, 9.17) is 5.73 Å². The van der Waals surface area contributed by atoms with Crippen molar-refractivity contribution >= 4 is 11.8 Å². The molecule has 0 spiro atoms. The quantitative estimate of drug-likeness (QED) is 0.821. The van der Waals surface area contributed by atoms with Crippen molar-refractivity contribution in [1.29, 1.82) is 0 Å². The Morgan fingerprint density at radius 1 is 1.47 bits per heavy atom. The molecule has 4 heteroatoms. The Morgan fingerprint density at radius 2 is 2.24 bits per heavy atom. The van der Waals surface area contributed by atoms with Crippen molar-refractivity contribution < 1.29 is 0 Å². The van der Waals surface area contributed by atoms with Gasteiger partial charge in [-0.3, -0.25) is 0 Å². The van der Waals surface area contributed by atoms with E-state index in [0.717, 1.165) is 23.7 Å². The van der Waals surface area contributed by atoms with Crippen molar-refractivity contribution in [2.45, 2.75) is 56.5 Å². The molecule has 1 fully saturated rings. The number of aryl methyl sites for hydroxylation is 1. The second-order valence-electron chi connectivity index (χ2n) is 5.71. The normalized spacial score (nSPS) is 28.0. The second kappa shape index (κ2) is 4.94. The van der Waals surface area contributed by atoms with E-state index in [9.17, 15) is 0 Å². The maximum atomic E-state index is 6.21. The third kappa shape index (κ3) is 3.42. The Balaban J connectivity index is 2.06. The molecule has 2 atom stereocenters. The summed E-state index contributed by atoms with van der Waals surface area (Å²) in [5, 5.41) is 1.31. The molecule has 0 bridgehead atoms. The molecule has 17 heavy (non-hydrogen) atoms. The van der Waals surface area contributed by atoms with Gasteiger partial charge >= 0.3 is 0 Å². The molecule has 0 aromatic carbocycles. The van der Waals surface area contributed by atoms with Gasteiger partial charge < -0.3 is 5.73 Å². The third-order valence-corrected chi connectivity index (χ3v) is 4.64. The first-order valence-corrected chi connectivity index (χ1v) is 7.06. The molecule has 1 saturated carbocycles. The zero-order chi connectivity index (χ0) is 12.5. The fourth-order valence-corrected chi connectivity index (χ4v) is 3.72. The first-order valence-electron chi connectivity index (χ1n) is 6.18. The van der Waals surface area contributed by atoms with E-state index in [-0.39, 0.29) is 6.04 Å². The maximum absolute atomic E-state index is 6.21. The number of rotatable bonds is 2. The van der Waals surface area contributed by atoms with E-state index in [1.807, 2.05) is 19.2 Å². The Bertz CT molecular complexity index is 392. The van der Waals surface area contributed by atoms with Crippen LogP contribution in [-0.4, -0.2) is 21.3 Å². The van der Waals surface area contributed by atoms with Crippen molar-refractivity contribution in [3.05, 3.63) is 18.0 Å². The fraction of sp³-hybridized carbons (Fsp3) is 0.692. The number of hydrogen-bond acceptors (Lipinski definition) is 4. The van der Waals surface area contributed by atoms with Gasteiger partial charge in [0.05, 0.1) is 0 Å². The molecule has 1 aromatic heterocycles. The molecule has 1 aliphatic carbocycles. The summed E-state index contributed by atoms with van der Waals surface area (Å²) in [6.45, 7) is 6.64. The predicted octanol–water partition coefficient (Wildman–Crippen LogP) is 2.78. The molecule has 2 unspecified atom stereocenters. The molecule has 0 aliphatic heterocycles. The van der Waals surface area contributed by atoms with Crippen molar-refractivity contribution in [2.24, 2.45) is 11.1 Å². The van der Waals surface area contributed by atoms with Crippen molar-refractivity contribution in [1.82, 2.24) is 9.97 Å². The highest BCUT2D eigenvalue weighted by Gasteiger charge is 2.34.